The number of amides is 2. The summed E-state index contributed by atoms with van der Waals surface area (Å²) >= 11 is 0. The van der Waals surface area contributed by atoms with Gasteiger partial charge in [-0.3, -0.25) is 20.2 Å². The Morgan fingerprint density at radius 1 is 0.941 bits per heavy atom. The Labute approximate surface area is 193 Å². The van der Waals surface area contributed by atoms with Crippen LogP contribution in [0.5, 0.6) is 0 Å². The molecule has 0 atom stereocenters. The zero-order chi connectivity index (χ0) is 23.9. The molecule has 34 heavy (non-hydrogen) atoms. The van der Waals surface area contributed by atoms with Gasteiger partial charge in [0.15, 0.2) is 0 Å². The number of para-hydroxylation sites is 1. The minimum Gasteiger partial charge on any atom is -0.290 e. The first-order valence-corrected chi connectivity index (χ1v) is 9.94. The quantitative estimate of drug-likeness (QED) is 0.191. The Morgan fingerprint density at radius 2 is 1.65 bits per heavy atom. The molecule has 4 rings (SSSR count). The van der Waals surface area contributed by atoms with Crippen molar-refractivity contribution in [3.05, 3.63) is 106 Å². The van der Waals surface area contributed by atoms with Crippen LogP contribution in [-0.4, -0.2) is 26.6 Å². The molecular formula is C24H16N8O2. The smallest absolute Gasteiger partial charge is 0.258 e. The fraction of sp³-hybridized carbons (Fsp3) is 0. The average molecular weight is 448 g/mol. The summed E-state index contributed by atoms with van der Waals surface area (Å²) in [6.07, 6.45) is 5.41. The van der Waals surface area contributed by atoms with Gasteiger partial charge in [0.1, 0.15) is 0 Å². The number of terminal acetylenes is 1. The van der Waals surface area contributed by atoms with Crippen LogP contribution in [0.1, 0.15) is 26.3 Å². The molecule has 10 heteroatoms. The normalized spacial score (nSPS) is 9.97. The van der Waals surface area contributed by atoms with Crippen molar-refractivity contribution in [3.8, 4) is 18.0 Å². The Kier molecular flexibility index (Phi) is 6.31. The maximum atomic E-state index is 12.8. The first kappa shape index (κ1) is 21.8. The molecule has 3 aromatic carbocycles. The maximum Gasteiger partial charge on any atom is 0.258 e. The van der Waals surface area contributed by atoms with Crippen molar-refractivity contribution < 1.29 is 9.59 Å². The molecule has 0 saturated carbocycles. The second-order valence-electron chi connectivity index (χ2n) is 6.88. The number of rotatable bonds is 6. The summed E-state index contributed by atoms with van der Waals surface area (Å²) in [6.45, 7) is 0. The summed E-state index contributed by atoms with van der Waals surface area (Å²) in [4.78, 5) is 32.5. The Morgan fingerprint density at radius 3 is 2.38 bits per heavy atom. The zero-order valence-corrected chi connectivity index (χ0v) is 17.6. The van der Waals surface area contributed by atoms with E-state index in [-0.39, 0.29) is 17.5 Å². The van der Waals surface area contributed by atoms with Crippen molar-refractivity contribution in [1.82, 2.24) is 14.8 Å². The third kappa shape index (κ3) is 4.91. The van der Waals surface area contributed by atoms with Crippen molar-refractivity contribution in [2.24, 2.45) is 5.11 Å². The summed E-state index contributed by atoms with van der Waals surface area (Å²) in [7, 11) is 0. The molecule has 0 aliphatic carbocycles. The number of azide groups is 1. The summed E-state index contributed by atoms with van der Waals surface area (Å²) < 4.78 is 1.39. The molecular weight excluding hydrogens is 432 g/mol. The molecule has 0 saturated heterocycles. The minimum absolute atomic E-state index is 0.0157. The van der Waals surface area contributed by atoms with E-state index < -0.39 is 11.8 Å². The maximum absolute atomic E-state index is 12.8. The topological polar surface area (TPSA) is 138 Å². The second kappa shape index (κ2) is 9.82. The first-order chi connectivity index (χ1) is 16.6. The molecule has 0 bridgehead atoms. The summed E-state index contributed by atoms with van der Waals surface area (Å²) in [5.41, 5.74) is 10.7. The van der Waals surface area contributed by atoms with Crippen LogP contribution in [0.3, 0.4) is 0 Å². The second-order valence-corrected chi connectivity index (χ2v) is 6.88. The Bertz CT molecular complexity index is 1460. The predicted octanol–water partition coefficient (Wildman–Crippen LogP) is 4.70. The zero-order valence-electron chi connectivity index (χ0n) is 17.6. The number of hydrogen-bond acceptors (Lipinski definition) is 5. The van der Waals surface area contributed by atoms with Crippen molar-refractivity contribution >= 4 is 29.4 Å². The van der Waals surface area contributed by atoms with Gasteiger partial charge in [0.25, 0.3) is 17.8 Å². The van der Waals surface area contributed by atoms with Gasteiger partial charge >= 0.3 is 0 Å². The molecule has 0 aliphatic rings. The molecule has 1 heterocycles. The van der Waals surface area contributed by atoms with Crippen LogP contribution < -0.4 is 10.6 Å². The van der Waals surface area contributed by atoms with Gasteiger partial charge in [0.2, 0.25) is 5.95 Å². The van der Waals surface area contributed by atoms with E-state index in [9.17, 15) is 9.59 Å². The van der Waals surface area contributed by atoms with Crippen LogP contribution in [0.2, 0.25) is 0 Å². The third-order valence-electron chi connectivity index (χ3n) is 4.62. The molecule has 1 aromatic heterocycles. The largest absolute Gasteiger partial charge is 0.290 e. The van der Waals surface area contributed by atoms with Crippen LogP contribution in [0.15, 0.2) is 84.0 Å². The molecule has 0 fully saturated rings. The van der Waals surface area contributed by atoms with Gasteiger partial charge in [0, 0.05) is 27.3 Å². The molecule has 0 radical (unpaired) electrons. The SMILES string of the molecule is C#Cc1cccc(C(=O)Nc2nc(NC(=O)c3cccc(N=[N+]=[N-])c3)n(-c3ccccc3)n2)c1. The van der Waals surface area contributed by atoms with Gasteiger partial charge in [0.05, 0.1) is 5.69 Å². The molecule has 2 N–H and O–H groups in total. The third-order valence-corrected chi connectivity index (χ3v) is 4.62. The number of aromatic nitrogens is 3. The highest BCUT2D eigenvalue weighted by molar-refractivity contribution is 6.05. The van der Waals surface area contributed by atoms with E-state index in [4.69, 9.17) is 12.0 Å². The lowest BCUT2D eigenvalue weighted by molar-refractivity contribution is 0.101. The van der Waals surface area contributed by atoms with Gasteiger partial charge in [-0.15, -0.1) is 11.5 Å². The van der Waals surface area contributed by atoms with Crippen molar-refractivity contribution in [1.29, 1.82) is 0 Å². The van der Waals surface area contributed by atoms with Crippen LogP contribution in [0, 0.1) is 12.3 Å². The Hall–Kier alpha value is -5.39. The van der Waals surface area contributed by atoms with Gasteiger partial charge in [-0.2, -0.15) is 9.67 Å². The van der Waals surface area contributed by atoms with E-state index >= 15 is 0 Å². The lowest BCUT2D eigenvalue weighted by atomic mass is 10.1. The van der Waals surface area contributed by atoms with E-state index in [1.165, 1.54) is 10.7 Å². The number of hydrogen-bond donors (Lipinski definition) is 2. The number of anilines is 2. The van der Waals surface area contributed by atoms with E-state index in [0.29, 0.717) is 22.5 Å². The predicted molar refractivity (Wildman–Crippen MR) is 127 cm³/mol. The molecule has 164 valence electrons. The fourth-order valence-electron chi connectivity index (χ4n) is 3.05. The van der Waals surface area contributed by atoms with E-state index in [0.717, 1.165) is 0 Å². The van der Waals surface area contributed by atoms with Crippen LogP contribution in [0.25, 0.3) is 16.1 Å². The molecule has 0 spiro atoms. The molecule has 10 nitrogen and oxygen atoms in total. The van der Waals surface area contributed by atoms with Gasteiger partial charge < -0.3 is 0 Å². The summed E-state index contributed by atoms with van der Waals surface area (Å²) in [6, 6.07) is 21.7. The molecule has 2 amide bonds. The number of carbonyl (C=O) groups excluding carboxylic acids is 2. The monoisotopic (exact) mass is 448 g/mol. The van der Waals surface area contributed by atoms with Crippen LogP contribution in [-0.2, 0) is 0 Å². The molecule has 0 unspecified atom stereocenters. The number of nitrogens with zero attached hydrogens (tertiary/aromatic N) is 6. The standard InChI is InChI=1S/C24H16N8O2/c1-2-16-8-6-9-17(14-16)21(33)26-23-28-24(32(30-23)20-12-4-3-5-13-20)27-22(34)18-10-7-11-19(15-18)29-31-25/h1,3-15H,(H2,26,27,28,30,33,34). The highest BCUT2D eigenvalue weighted by Crippen LogP contribution is 2.19. The van der Waals surface area contributed by atoms with E-state index in [2.05, 4.69) is 36.7 Å². The average Bonchev–Trinajstić information content (AvgIpc) is 3.26. The number of nitrogens with one attached hydrogen (secondary N) is 2. The van der Waals surface area contributed by atoms with Gasteiger partial charge in [-0.1, -0.05) is 47.4 Å². The van der Waals surface area contributed by atoms with E-state index in [1.54, 1.807) is 66.7 Å². The van der Waals surface area contributed by atoms with E-state index in [1.807, 2.05) is 6.07 Å². The van der Waals surface area contributed by atoms with Crippen molar-refractivity contribution in [2.75, 3.05) is 10.6 Å². The van der Waals surface area contributed by atoms with Crippen LogP contribution >= 0.6 is 0 Å². The van der Waals surface area contributed by atoms with Gasteiger partial charge in [-0.05, 0) is 48.0 Å². The number of carbonyl (C=O) groups is 2. The lowest BCUT2D eigenvalue weighted by Gasteiger charge is -2.07. The molecule has 4 aromatic rings. The summed E-state index contributed by atoms with van der Waals surface area (Å²) in [5, 5.41) is 13.1. The van der Waals surface area contributed by atoms with Crippen LogP contribution in [0.4, 0.5) is 17.6 Å². The highest BCUT2D eigenvalue weighted by Gasteiger charge is 2.18. The fourth-order valence-corrected chi connectivity index (χ4v) is 3.05. The number of benzene rings is 3. The van der Waals surface area contributed by atoms with Gasteiger partial charge in [-0.25, -0.2) is 0 Å². The first-order valence-electron chi connectivity index (χ1n) is 9.94. The highest BCUT2D eigenvalue weighted by atomic mass is 16.2. The molecule has 0 aliphatic heterocycles. The van der Waals surface area contributed by atoms with Crippen molar-refractivity contribution in [2.45, 2.75) is 0 Å². The van der Waals surface area contributed by atoms with Crippen molar-refractivity contribution in [3.63, 3.8) is 0 Å². The lowest BCUT2D eigenvalue weighted by Crippen LogP contribution is -2.15. The Balaban J connectivity index is 1.64. The minimum atomic E-state index is -0.501. The summed E-state index contributed by atoms with van der Waals surface area (Å²) in [5.74, 6) is 1.59.